The normalized spacial score (nSPS) is 16.8. The molecule has 1 aliphatic heterocycles. The Balaban J connectivity index is 1.55. The van der Waals surface area contributed by atoms with Crippen LogP contribution in [-0.4, -0.2) is 25.7 Å². The number of ether oxygens (including phenoxy) is 2. The molecule has 1 aliphatic rings. The second-order valence-corrected chi connectivity index (χ2v) is 5.92. The van der Waals surface area contributed by atoms with Crippen molar-refractivity contribution in [3.8, 4) is 11.5 Å². The summed E-state index contributed by atoms with van der Waals surface area (Å²) in [5.41, 5.74) is 1.83. The lowest BCUT2D eigenvalue weighted by Crippen LogP contribution is -2.34. The molecule has 0 unspecified atom stereocenters. The van der Waals surface area contributed by atoms with Crippen molar-refractivity contribution in [1.82, 2.24) is 5.32 Å². The number of fused-ring (bicyclic) bond motifs is 1. The van der Waals surface area contributed by atoms with Gasteiger partial charge in [-0.15, -0.1) is 0 Å². The molecule has 0 aromatic heterocycles. The molecule has 0 aliphatic carbocycles. The SMILES string of the molecule is COc1ccccc1NC(=O)C[C@@H](C)N[C@@H]1COc2ccccc21. The molecule has 5 heteroatoms. The number of methoxy groups -OCH3 is 1. The minimum atomic E-state index is -0.0494. The lowest BCUT2D eigenvalue weighted by molar-refractivity contribution is -0.116. The molecule has 24 heavy (non-hydrogen) atoms. The molecule has 0 saturated heterocycles. The average molecular weight is 326 g/mol. The maximum absolute atomic E-state index is 12.3. The van der Waals surface area contributed by atoms with E-state index in [1.807, 2.05) is 49.4 Å². The number of anilines is 1. The smallest absolute Gasteiger partial charge is 0.226 e. The van der Waals surface area contributed by atoms with E-state index in [-0.39, 0.29) is 18.0 Å². The third-order valence-corrected chi connectivity index (χ3v) is 4.06. The van der Waals surface area contributed by atoms with Gasteiger partial charge in [-0.1, -0.05) is 30.3 Å². The van der Waals surface area contributed by atoms with Gasteiger partial charge in [-0.25, -0.2) is 0 Å². The standard InChI is InChI=1S/C19H22N2O3/c1-13(20-16-12-24-17-9-5-3-7-14(16)17)11-19(22)21-15-8-4-6-10-18(15)23-2/h3-10,13,16,20H,11-12H2,1-2H3,(H,21,22)/t13-,16-/m1/s1. The number of rotatable bonds is 6. The molecule has 0 saturated carbocycles. The summed E-state index contributed by atoms with van der Waals surface area (Å²) in [5, 5.41) is 6.36. The van der Waals surface area contributed by atoms with E-state index < -0.39 is 0 Å². The van der Waals surface area contributed by atoms with E-state index in [2.05, 4.69) is 16.7 Å². The molecule has 0 spiro atoms. The van der Waals surface area contributed by atoms with E-state index in [0.717, 1.165) is 11.3 Å². The molecular formula is C19H22N2O3. The van der Waals surface area contributed by atoms with Crippen LogP contribution >= 0.6 is 0 Å². The van der Waals surface area contributed by atoms with Crippen molar-refractivity contribution in [1.29, 1.82) is 0 Å². The van der Waals surface area contributed by atoms with Crippen LogP contribution in [0.1, 0.15) is 24.9 Å². The highest BCUT2D eigenvalue weighted by Gasteiger charge is 2.25. The molecule has 0 radical (unpaired) electrons. The van der Waals surface area contributed by atoms with Crippen LogP contribution in [0.4, 0.5) is 5.69 Å². The van der Waals surface area contributed by atoms with Crippen LogP contribution in [0.15, 0.2) is 48.5 Å². The van der Waals surface area contributed by atoms with Gasteiger partial charge >= 0.3 is 0 Å². The molecule has 2 aromatic carbocycles. The summed E-state index contributed by atoms with van der Waals surface area (Å²) in [6.07, 6.45) is 0.372. The Kier molecular flexibility index (Phi) is 5.01. The predicted octanol–water partition coefficient (Wildman–Crippen LogP) is 3.14. The highest BCUT2D eigenvalue weighted by Crippen LogP contribution is 2.32. The molecule has 3 rings (SSSR count). The maximum atomic E-state index is 12.3. The molecule has 0 bridgehead atoms. The number of nitrogens with one attached hydrogen (secondary N) is 2. The summed E-state index contributed by atoms with van der Waals surface area (Å²) < 4.78 is 10.9. The Morgan fingerprint density at radius 1 is 1.25 bits per heavy atom. The van der Waals surface area contributed by atoms with Gasteiger partial charge in [-0.3, -0.25) is 4.79 Å². The lowest BCUT2D eigenvalue weighted by Gasteiger charge is -2.19. The van der Waals surface area contributed by atoms with E-state index in [1.54, 1.807) is 7.11 Å². The minimum Gasteiger partial charge on any atom is -0.495 e. The molecule has 2 aromatic rings. The van der Waals surface area contributed by atoms with Crippen LogP contribution in [0.5, 0.6) is 11.5 Å². The lowest BCUT2D eigenvalue weighted by atomic mass is 10.1. The Bertz CT molecular complexity index is 717. The molecule has 1 heterocycles. The second-order valence-electron chi connectivity index (χ2n) is 5.92. The number of hydrogen-bond acceptors (Lipinski definition) is 4. The molecular weight excluding hydrogens is 304 g/mol. The fourth-order valence-corrected chi connectivity index (χ4v) is 2.93. The van der Waals surface area contributed by atoms with E-state index in [9.17, 15) is 4.79 Å². The zero-order chi connectivity index (χ0) is 16.9. The number of hydrogen-bond donors (Lipinski definition) is 2. The first kappa shape index (κ1) is 16.3. The number of carbonyl (C=O) groups excluding carboxylic acids is 1. The Morgan fingerprint density at radius 3 is 2.83 bits per heavy atom. The van der Waals surface area contributed by atoms with Crippen molar-refractivity contribution < 1.29 is 14.3 Å². The van der Waals surface area contributed by atoms with Gasteiger partial charge in [-0.05, 0) is 25.1 Å². The summed E-state index contributed by atoms with van der Waals surface area (Å²) in [4.78, 5) is 12.3. The molecule has 1 amide bonds. The van der Waals surface area contributed by atoms with Crippen LogP contribution in [0.3, 0.4) is 0 Å². The Labute approximate surface area is 142 Å². The first-order valence-electron chi connectivity index (χ1n) is 8.08. The van der Waals surface area contributed by atoms with Gasteiger partial charge in [0.1, 0.15) is 18.1 Å². The highest BCUT2D eigenvalue weighted by molar-refractivity contribution is 5.92. The number of benzene rings is 2. The van der Waals surface area contributed by atoms with Gasteiger partial charge in [0, 0.05) is 18.0 Å². The molecule has 5 nitrogen and oxygen atoms in total. The third-order valence-electron chi connectivity index (χ3n) is 4.06. The van der Waals surface area contributed by atoms with Gasteiger partial charge in [0.05, 0.1) is 18.8 Å². The van der Waals surface area contributed by atoms with Gasteiger partial charge in [0.2, 0.25) is 5.91 Å². The fourth-order valence-electron chi connectivity index (χ4n) is 2.93. The summed E-state index contributed by atoms with van der Waals surface area (Å²) in [6, 6.07) is 15.5. The Hall–Kier alpha value is -2.53. The van der Waals surface area contributed by atoms with Crippen molar-refractivity contribution in [2.24, 2.45) is 0 Å². The Morgan fingerprint density at radius 2 is 2.00 bits per heavy atom. The monoisotopic (exact) mass is 326 g/mol. The summed E-state index contributed by atoms with van der Waals surface area (Å²) in [6.45, 7) is 2.60. The van der Waals surface area contributed by atoms with Gasteiger partial charge < -0.3 is 20.1 Å². The van der Waals surface area contributed by atoms with Crippen LogP contribution in [0.2, 0.25) is 0 Å². The zero-order valence-corrected chi connectivity index (χ0v) is 13.9. The van der Waals surface area contributed by atoms with Crippen LogP contribution in [0.25, 0.3) is 0 Å². The predicted molar refractivity (Wildman–Crippen MR) is 93.5 cm³/mol. The maximum Gasteiger partial charge on any atom is 0.226 e. The molecule has 2 N–H and O–H groups in total. The number of carbonyl (C=O) groups is 1. The van der Waals surface area contributed by atoms with E-state index in [0.29, 0.717) is 24.5 Å². The van der Waals surface area contributed by atoms with Crippen molar-refractivity contribution >= 4 is 11.6 Å². The van der Waals surface area contributed by atoms with Crippen LogP contribution in [0, 0.1) is 0 Å². The van der Waals surface area contributed by atoms with E-state index in [4.69, 9.17) is 9.47 Å². The van der Waals surface area contributed by atoms with Crippen molar-refractivity contribution in [2.45, 2.75) is 25.4 Å². The largest absolute Gasteiger partial charge is 0.495 e. The van der Waals surface area contributed by atoms with Gasteiger partial charge in [-0.2, -0.15) is 0 Å². The fraction of sp³-hybridized carbons (Fsp3) is 0.316. The quantitative estimate of drug-likeness (QED) is 0.856. The second kappa shape index (κ2) is 7.36. The molecule has 126 valence electrons. The summed E-state index contributed by atoms with van der Waals surface area (Å²) in [7, 11) is 1.59. The highest BCUT2D eigenvalue weighted by atomic mass is 16.5. The zero-order valence-electron chi connectivity index (χ0n) is 13.9. The first-order valence-corrected chi connectivity index (χ1v) is 8.08. The van der Waals surface area contributed by atoms with Gasteiger partial charge in [0.15, 0.2) is 0 Å². The molecule has 2 atom stereocenters. The number of para-hydroxylation sites is 3. The van der Waals surface area contributed by atoms with E-state index in [1.165, 1.54) is 0 Å². The van der Waals surface area contributed by atoms with Crippen LogP contribution < -0.4 is 20.1 Å². The van der Waals surface area contributed by atoms with Crippen molar-refractivity contribution in [3.63, 3.8) is 0 Å². The minimum absolute atomic E-state index is 0.0273. The number of amides is 1. The summed E-state index contributed by atoms with van der Waals surface area (Å²) >= 11 is 0. The summed E-state index contributed by atoms with van der Waals surface area (Å²) in [5.74, 6) is 1.52. The van der Waals surface area contributed by atoms with Gasteiger partial charge in [0.25, 0.3) is 0 Å². The van der Waals surface area contributed by atoms with Crippen molar-refractivity contribution in [3.05, 3.63) is 54.1 Å². The van der Waals surface area contributed by atoms with Crippen LogP contribution in [-0.2, 0) is 4.79 Å². The third kappa shape index (κ3) is 3.68. The van der Waals surface area contributed by atoms with E-state index >= 15 is 0 Å². The van der Waals surface area contributed by atoms with Crippen molar-refractivity contribution in [2.75, 3.05) is 19.0 Å². The average Bonchev–Trinajstić information content (AvgIpc) is 2.98. The topological polar surface area (TPSA) is 59.6 Å². The first-order chi connectivity index (χ1) is 11.7. The molecule has 0 fully saturated rings.